The fourth-order valence-electron chi connectivity index (χ4n) is 1.41. The van der Waals surface area contributed by atoms with Crippen LogP contribution in [0.15, 0.2) is 29.0 Å². The predicted octanol–water partition coefficient (Wildman–Crippen LogP) is -2.42. The molecule has 0 aliphatic heterocycles. The lowest BCUT2D eigenvalue weighted by molar-refractivity contribution is -0.671. The fourth-order valence-corrected chi connectivity index (χ4v) is 1.41. The van der Waals surface area contributed by atoms with Gasteiger partial charge < -0.3 is 33.6 Å². The Bertz CT molecular complexity index is 542. The average Bonchev–Trinajstić information content (AvgIpc) is 2.75. The van der Waals surface area contributed by atoms with Crippen LogP contribution in [-0.4, -0.2) is 21.2 Å². The van der Waals surface area contributed by atoms with Crippen LogP contribution >= 0.6 is 0 Å². The summed E-state index contributed by atoms with van der Waals surface area (Å²) in [4.78, 5) is 14.5. The number of hydrogen-bond acceptors (Lipinski definition) is 4. The highest BCUT2D eigenvalue weighted by atomic mass is 127. The van der Waals surface area contributed by atoms with Crippen LogP contribution in [0.1, 0.15) is 12.3 Å². The van der Waals surface area contributed by atoms with Crippen molar-refractivity contribution < 1.29 is 43.0 Å². The van der Waals surface area contributed by atoms with Gasteiger partial charge in [0.25, 0.3) is 0 Å². The molecule has 2 aromatic heterocycles. The summed E-state index contributed by atoms with van der Waals surface area (Å²) in [6, 6.07) is 3.74. The van der Waals surface area contributed by atoms with Crippen molar-refractivity contribution in [3.05, 3.63) is 30.4 Å². The van der Waals surface area contributed by atoms with E-state index in [9.17, 15) is 4.79 Å². The Balaban J connectivity index is 0.00000162. The maximum absolute atomic E-state index is 10.4. The summed E-state index contributed by atoms with van der Waals surface area (Å²) in [6.07, 6.45) is 4.01. The molecule has 96 valence electrons. The predicted molar refractivity (Wildman–Crippen MR) is 56.9 cm³/mol. The Morgan fingerprint density at radius 3 is 3.00 bits per heavy atom. The quantitative estimate of drug-likeness (QED) is 0.485. The second-order valence-electron chi connectivity index (χ2n) is 3.66. The van der Waals surface area contributed by atoms with Crippen LogP contribution in [0.4, 0.5) is 0 Å². The Labute approximate surface area is 121 Å². The van der Waals surface area contributed by atoms with Crippen LogP contribution in [0.25, 0.3) is 11.4 Å². The van der Waals surface area contributed by atoms with E-state index < -0.39 is 5.97 Å². The third-order valence-corrected chi connectivity index (χ3v) is 2.22. The molecule has 2 rings (SSSR count). The van der Waals surface area contributed by atoms with Gasteiger partial charge in [0.1, 0.15) is 7.05 Å². The van der Waals surface area contributed by atoms with E-state index in [-0.39, 0.29) is 36.8 Å². The number of pyridine rings is 1. The number of aliphatic carboxylic acids is 1. The van der Waals surface area contributed by atoms with E-state index in [0.29, 0.717) is 11.7 Å². The zero-order valence-electron chi connectivity index (χ0n) is 9.71. The average molecular weight is 361 g/mol. The van der Waals surface area contributed by atoms with Crippen molar-refractivity contribution in [1.29, 1.82) is 0 Å². The first-order valence-corrected chi connectivity index (χ1v) is 5.15. The zero-order valence-corrected chi connectivity index (χ0v) is 11.9. The van der Waals surface area contributed by atoms with Gasteiger partial charge in [-0.15, -0.1) is 0 Å². The van der Waals surface area contributed by atoms with Gasteiger partial charge in [0.05, 0.1) is 12.0 Å². The molecular formula is C11H12IN3O3. The van der Waals surface area contributed by atoms with E-state index >= 15 is 0 Å². The summed E-state index contributed by atoms with van der Waals surface area (Å²) in [5.74, 6) is -0.0636. The molecule has 0 spiro atoms. The van der Waals surface area contributed by atoms with Crippen molar-refractivity contribution in [1.82, 2.24) is 10.1 Å². The smallest absolute Gasteiger partial charge is 0.303 e. The summed E-state index contributed by atoms with van der Waals surface area (Å²) in [5.41, 5.74) is 0.834. The van der Waals surface area contributed by atoms with Crippen LogP contribution < -0.4 is 28.5 Å². The standard InChI is InChI=1S/C11H11N3O3.HI/c1-14-6-2-3-8(7-14)11-12-9(17-13-11)4-5-10(15)16;/h2-3,6-7H,4-5H2,1H3;1H. The van der Waals surface area contributed by atoms with Gasteiger partial charge in [-0.1, -0.05) is 5.16 Å². The molecule has 0 aromatic carbocycles. The molecule has 7 heteroatoms. The highest BCUT2D eigenvalue weighted by Crippen LogP contribution is 2.13. The maximum Gasteiger partial charge on any atom is 0.303 e. The molecule has 0 aliphatic rings. The molecule has 6 nitrogen and oxygen atoms in total. The topological polar surface area (TPSA) is 80.1 Å². The second-order valence-corrected chi connectivity index (χ2v) is 3.66. The summed E-state index contributed by atoms with van der Waals surface area (Å²) in [6.45, 7) is 0. The lowest BCUT2D eigenvalue weighted by atomic mass is 10.2. The minimum absolute atomic E-state index is 0. The maximum atomic E-state index is 10.4. The van der Waals surface area contributed by atoms with Crippen LogP contribution in [0.3, 0.4) is 0 Å². The van der Waals surface area contributed by atoms with Crippen molar-refractivity contribution in [2.24, 2.45) is 7.05 Å². The number of carbonyl (C=O) groups is 1. The van der Waals surface area contributed by atoms with Crippen molar-refractivity contribution in [3.63, 3.8) is 0 Å². The molecule has 0 aliphatic carbocycles. The molecule has 2 heterocycles. The van der Waals surface area contributed by atoms with E-state index in [2.05, 4.69) is 10.1 Å². The van der Waals surface area contributed by atoms with Gasteiger partial charge in [0.2, 0.25) is 11.7 Å². The number of hydrogen-bond donors (Lipinski definition) is 1. The largest absolute Gasteiger partial charge is 1.00 e. The number of carboxylic acid groups (broad SMARTS) is 1. The number of halogens is 1. The van der Waals surface area contributed by atoms with Crippen molar-refractivity contribution in [2.75, 3.05) is 0 Å². The third kappa shape index (κ3) is 3.76. The first-order chi connectivity index (χ1) is 8.15. The van der Waals surface area contributed by atoms with Crippen molar-refractivity contribution in [3.8, 4) is 11.4 Å². The van der Waals surface area contributed by atoms with E-state index in [1.807, 2.05) is 36.1 Å². The Hall–Kier alpha value is -1.51. The van der Waals surface area contributed by atoms with Crippen LogP contribution in [0, 0.1) is 0 Å². The van der Waals surface area contributed by atoms with E-state index in [4.69, 9.17) is 9.63 Å². The third-order valence-electron chi connectivity index (χ3n) is 2.22. The van der Waals surface area contributed by atoms with Gasteiger partial charge in [-0.2, -0.15) is 4.98 Å². The zero-order chi connectivity index (χ0) is 12.3. The molecular weight excluding hydrogens is 349 g/mol. The first kappa shape index (κ1) is 14.6. The van der Waals surface area contributed by atoms with Gasteiger partial charge in [0, 0.05) is 12.5 Å². The number of carboxylic acids is 1. The number of rotatable bonds is 4. The highest BCUT2D eigenvalue weighted by molar-refractivity contribution is 5.66. The molecule has 0 fully saturated rings. The Kier molecular flexibility index (Phi) is 5.20. The minimum atomic E-state index is -0.879. The van der Waals surface area contributed by atoms with Crippen LogP contribution in [0.2, 0.25) is 0 Å². The van der Waals surface area contributed by atoms with Gasteiger partial charge in [-0.3, -0.25) is 4.79 Å². The molecule has 0 radical (unpaired) electrons. The van der Waals surface area contributed by atoms with Crippen LogP contribution in [-0.2, 0) is 18.3 Å². The van der Waals surface area contributed by atoms with Gasteiger partial charge in [-0.05, 0) is 6.07 Å². The monoisotopic (exact) mass is 361 g/mol. The lowest BCUT2D eigenvalue weighted by Gasteiger charge is -1.90. The fraction of sp³-hybridized carbons (Fsp3) is 0.273. The number of nitrogens with zero attached hydrogens (tertiary/aromatic N) is 3. The molecule has 0 bridgehead atoms. The number of aromatic nitrogens is 3. The van der Waals surface area contributed by atoms with Gasteiger partial charge in [-0.25, -0.2) is 4.57 Å². The second kappa shape index (κ2) is 6.43. The number of aryl methyl sites for hydroxylation is 2. The highest BCUT2D eigenvalue weighted by Gasteiger charge is 2.11. The summed E-state index contributed by atoms with van der Waals surface area (Å²) < 4.78 is 6.85. The lowest BCUT2D eigenvalue weighted by Crippen LogP contribution is -3.00. The minimum Gasteiger partial charge on any atom is -1.00 e. The molecule has 1 N–H and O–H groups in total. The molecule has 18 heavy (non-hydrogen) atoms. The van der Waals surface area contributed by atoms with E-state index in [1.165, 1.54) is 0 Å². The van der Waals surface area contributed by atoms with E-state index in [0.717, 1.165) is 5.56 Å². The molecule has 0 amide bonds. The summed E-state index contributed by atoms with van der Waals surface area (Å²) >= 11 is 0. The van der Waals surface area contributed by atoms with E-state index in [1.54, 1.807) is 0 Å². The molecule has 0 saturated heterocycles. The Morgan fingerprint density at radius 1 is 1.56 bits per heavy atom. The molecule has 0 atom stereocenters. The normalized spacial score (nSPS) is 9.83. The van der Waals surface area contributed by atoms with Crippen molar-refractivity contribution in [2.45, 2.75) is 12.8 Å². The molecule has 2 aromatic rings. The first-order valence-electron chi connectivity index (χ1n) is 5.15. The van der Waals surface area contributed by atoms with Gasteiger partial charge in [0.15, 0.2) is 12.4 Å². The SMILES string of the molecule is C[n+]1cccc(-c2noc(CCC(=O)O)n2)c1.[I-]. The Morgan fingerprint density at radius 2 is 2.33 bits per heavy atom. The van der Waals surface area contributed by atoms with Crippen LogP contribution in [0.5, 0.6) is 0 Å². The van der Waals surface area contributed by atoms with Gasteiger partial charge >= 0.3 is 5.97 Å². The molecule has 0 unspecified atom stereocenters. The molecule has 0 saturated carbocycles. The van der Waals surface area contributed by atoms with Crippen molar-refractivity contribution >= 4 is 5.97 Å². The summed E-state index contributed by atoms with van der Waals surface area (Å²) in [7, 11) is 1.90. The summed E-state index contributed by atoms with van der Waals surface area (Å²) in [5, 5.41) is 12.4.